The highest BCUT2D eigenvalue weighted by atomic mass is 16.6. The molecule has 0 saturated heterocycles. The van der Waals surface area contributed by atoms with Gasteiger partial charge in [0.15, 0.2) is 11.5 Å². The van der Waals surface area contributed by atoms with Crippen molar-refractivity contribution >= 4 is 39.7 Å². The number of aromatic nitrogens is 6. The Morgan fingerprint density at radius 3 is 2.77 bits per heavy atom. The lowest BCUT2D eigenvalue weighted by Crippen LogP contribution is -2.39. The van der Waals surface area contributed by atoms with Crippen LogP contribution in [0.5, 0.6) is 0 Å². The lowest BCUT2D eigenvalue weighted by molar-refractivity contribution is 0.0273. The number of ether oxygens (including phenoxy) is 1. The molecule has 10 heteroatoms. The molecule has 5 aromatic rings. The summed E-state index contributed by atoms with van der Waals surface area (Å²) in [5.74, 6) is 0.612. The zero-order valence-corrected chi connectivity index (χ0v) is 22.4. The third-order valence-corrected chi connectivity index (χ3v) is 6.49. The molecule has 5 heterocycles. The predicted molar refractivity (Wildman–Crippen MR) is 151 cm³/mol. The van der Waals surface area contributed by atoms with Crippen LogP contribution in [0, 0.1) is 0 Å². The van der Waals surface area contributed by atoms with Gasteiger partial charge in [-0.2, -0.15) is 5.10 Å². The molecule has 198 valence electrons. The summed E-state index contributed by atoms with van der Waals surface area (Å²) in [6, 6.07) is 9.95. The van der Waals surface area contributed by atoms with Gasteiger partial charge in [-0.15, -0.1) is 0 Å². The monoisotopic (exact) mass is 522 g/mol. The minimum atomic E-state index is -0.558. The Hall–Kier alpha value is -4.73. The van der Waals surface area contributed by atoms with Crippen LogP contribution in [0.25, 0.3) is 33.4 Å². The van der Waals surface area contributed by atoms with Gasteiger partial charge in [0.05, 0.1) is 35.8 Å². The fraction of sp³-hybridized carbons (Fsp3) is 0.276. The van der Waals surface area contributed by atoms with E-state index in [9.17, 15) is 4.79 Å². The van der Waals surface area contributed by atoms with Gasteiger partial charge in [0, 0.05) is 48.8 Å². The standard InChI is InChI=1S/C29H30N8O2/c1-29(2,3)39-28(38)36-12-6-8-20(17-36)24-18-37-25(21-14-32-35(4)16-21)15-31-27(37)26(34-24)33-22-9-10-23-19(13-22)7-5-11-30-23/h5,7-11,13-16,18H,6,12,17H2,1-4H3,(H,33,34). The number of nitrogens with one attached hydrogen (secondary N) is 1. The number of rotatable bonds is 4. The van der Waals surface area contributed by atoms with Gasteiger partial charge >= 0.3 is 6.09 Å². The fourth-order valence-electron chi connectivity index (χ4n) is 4.70. The minimum absolute atomic E-state index is 0.323. The number of hydrogen-bond acceptors (Lipinski definition) is 7. The van der Waals surface area contributed by atoms with Gasteiger partial charge in [-0.3, -0.25) is 14.1 Å². The fourth-order valence-corrected chi connectivity index (χ4v) is 4.70. The van der Waals surface area contributed by atoms with Crippen LogP contribution >= 0.6 is 0 Å². The zero-order chi connectivity index (χ0) is 27.1. The molecule has 1 aliphatic rings. The molecular weight excluding hydrogens is 492 g/mol. The van der Waals surface area contributed by atoms with Crippen molar-refractivity contribution in [1.82, 2.24) is 34.0 Å². The summed E-state index contributed by atoms with van der Waals surface area (Å²) < 4.78 is 9.42. The highest BCUT2D eigenvalue weighted by Gasteiger charge is 2.26. The summed E-state index contributed by atoms with van der Waals surface area (Å²) in [6.07, 6.45) is 11.9. The van der Waals surface area contributed by atoms with Crippen LogP contribution in [-0.4, -0.2) is 58.8 Å². The van der Waals surface area contributed by atoms with E-state index < -0.39 is 5.60 Å². The Morgan fingerprint density at radius 2 is 1.97 bits per heavy atom. The molecule has 0 radical (unpaired) electrons. The van der Waals surface area contributed by atoms with Gasteiger partial charge in [-0.05, 0) is 57.0 Å². The Bertz CT molecular complexity index is 1730. The number of nitrogens with zero attached hydrogens (tertiary/aromatic N) is 7. The lowest BCUT2D eigenvalue weighted by Gasteiger charge is -2.30. The Labute approximate surface area is 226 Å². The second kappa shape index (κ2) is 9.54. The van der Waals surface area contributed by atoms with Crippen LogP contribution in [-0.2, 0) is 11.8 Å². The van der Waals surface area contributed by atoms with Crippen LogP contribution < -0.4 is 5.32 Å². The Morgan fingerprint density at radius 1 is 1.10 bits per heavy atom. The Balaban J connectivity index is 1.41. The van der Waals surface area contributed by atoms with Crippen molar-refractivity contribution in [2.75, 3.05) is 18.4 Å². The maximum absolute atomic E-state index is 12.8. The van der Waals surface area contributed by atoms with Crippen molar-refractivity contribution in [2.45, 2.75) is 32.8 Å². The van der Waals surface area contributed by atoms with Crippen LogP contribution in [0.3, 0.4) is 0 Å². The smallest absolute Gasteiger partial charge is 0.410 e. The molecule has 1 aromatic carbocycles. The van der Waals surface area contributed by atoms with Gasteiger partial charge in [0.2, 0.25) is 0 Å². The summed E-state index contributed by atoms with van der Waals surface area (Å²) in [4.78, 5) is 28.7. The first-order valence-corrected chi connectivity index (χ1v) is 12.9. The third-order valence-electron chi connectivity index (χ3n) is 6.49. The predicted octanol–water partition coefficient (Wildman–Crippen LogP) is 5.45. The zero-order valence-electron chi connectivity index (χ0n) is 22.4. The number of carbonyl (C=O) groups excluding carboxylic acids is 1. The van der Waals surface area contributed by atoms with Crippen molar-refractivity contribution in [3.05, 3.63) is 73.1 Å². The third kappa shape index (κ3) is 5.05. The first kappa shape index (κ1) is 24.6. The quantitative estimate of drug-likeness (QED) is 0.335. The van der Waals surface area contributed by atoms with Crippen LogP contribution in [0.4, 0.5) is 16.3 Å². The molecule has 0 saturated carbocycles. The van der Waals surface area contributed by atoms with E-state index in [-0.39, 0.29) is 6.09 Å². The first-order valence-electron chi connectivity index (χ1n) is 12.9. The number of fused-ring (bicyclic) bond motifs is 2. The normalized spacial score (nSPS) is 14.1. The van der Waals surface area contributed by atoms with Crippen molar-refractivity contribution in [1.29, 1.82) is 0 Å². The second-order valence-corrected chi connectivity index (χ2v) is 10.7. The molecule has 1 aliphatic heterocycles. The van der Waals surface area contributed by atoms with E-state index in [0.29, 0.717) is 31.0 Å². The molecule has 0 atom stereocenters. The molecule has 39 heavy (non-hydrogen) atoms. The molecule has 10 nitrogen and oxygen atoms in total. The van der Waals surface area contributed by atoms with Gasteiger partial charge < -0.3 is 15.0 Å². The molecule has 0 unspecified atom stereocenters. The van der Waals surface area contributed by atoms with Gasteiger partial charge in [0.1, 0.15) is 5.60 Å². The van der Waals surface area contributed by atoms with E-state index in [2.05, 4.69) is 21.5 Å². The van der Waals surface area contributed by atoms with Crippen molar-refractivity contribution < 1.29 is 9.53 Å². The number of amides is 1. The van der Waals surface area contributed by atoms with Gasteiger partial charge in [-0.1, -0.05) is 12.1 Å². The molecule has 1 amide bonds. The number of hydrogen-bond donors (Lipinski definition) is 1. The largest absolute Gasteiger partial charge is 0.444 e. The highest BCUT2D eigenvalue weighted by molar-refractivity contribution is 5.85. The van der Waals surface area contributed by atoms with Crippen LogP contribution in [0.15, 0.2) is 67.4 Å². The number of imidazole rings is 1. The first-order chi connectivity index (χ1) is 18.7. The lowest BCUT2D eigenvalue weighted by atomic mass is 10.1. The summed E-state index contributed by atoms with van der Waals surface area (Å²) in [5.41, 5.74) is 5.46. The number of carbonyl (C=O) groups is 1. The topological polar surface area (TPSA) is 102 Å². The molecule has 0 fully saturated rings. The number of benzene rings is 1. The highest BCUT2D eigenvalue weighted by Crippen LogP contribution is 2.30. The number of aryl methyl sites for hydroxylation is 1. The number of anilines is 2. The summed E-state index contributed by atoms with van der Waals surface area (Å²) in [7, 11) is 1.89. The molecule has 6 rings (SSSR count). The second-order valence-electron chi connectivity index (χ2n) is 10.7. The maximum atomic E-state index is 12.8. The van der Waals surface area contributed by atoms with E-state index in [1.54, 1.807) is 15.8 Å². The average molecular weight is 523 g/mol. The van der Waals surface area contributed by atoms with Crippen molar-refractivity contribution in [2.24, 2.45) is 7.05 Å². The van der Waals surface area contributed by atoms with E-state index in [0.717, 1.165) is 39.1 Å². The average Bonchev–Trinajstić information content (AvgIpc) is 3.54. The SMILES string of the molecule is Cn1cc(-c2cnc3c(Nc4ccc5ncccc5c4)nc(C4=CCCN(C(=O)OC(C)(C)C)C4)cn23)cn1. The van der Waals surface area contributed by atoms with Crippen LogP contribution in [0.1, 0.15) is 32.9 Å². The van der Waals surface area contributed by atoms with E-state index in [1.165, 1.54) is 0 Å². The molecule has 0 bridgehead atoms. The summed E-state index contributed by atoms with van der Waals surface area (Å²) in [5, 5.41) is 8.84. The molecular formula is C29H30N8O2. The Kier molecular flexibility index (Phi) is 6.02. The molecule has 0 aliphatic carbocycles. The number of pyridine rings is 1. The molecule has 4 aromatic heterocycles. The molecule has 1 N–H and O–H groups in total. The van der Waals surface area contributed by atoms with Crippen molar-refractivity contribution in [3.8, 4) is 11.3 Å². The summed E-state index contributed by atoms with van der Waals surface area (Å²) >= 11 is 0. The van der Waals surface area contributed by atoms with E-state index in [4.69, 9.17) is 14.7 Å². The maximum Gasteiger partial charge on any atom is 0.410 e. The summed E-state index contributed by atoms with van der Waals surface area (Å²) in [6.45, 7) is 6.64. The van der Waals surface area contributed by atoms with E-state index >= 15 is 0 Å². The van der Waals surface area contributed by atoms with E-state index in [1.807, 2.05) is 87.3 Å². The minimum Gasteiger partial charge on any atom is -0.444 e. The van der Waals surface area contributed by atoms with Crippen LogP contribution in [0.2, 0.25) is 0 Å². The van der Waals surface area contributed by atoms with Gasteiger partial charge in [0.25, 0.3) is 0 Å². The van der Waals surface area contributed by atoms with Crippen molar-refractivity contribution in [3.63, 3.8) is 0 Å². The van der Waals surface area contributed by atoms with Gasteiger partial charge in [-0.25, -0.2) is 14.8 Å². The molecule has 0 spiro atoms.